The van der Waals surface area contributed by atoms with E-state index in [1.807, 2.05) is 19.1 Å². The molecule has 4 heteroatoms. The molecule has 0 saturated carbocycles. The first-order chi connectivity index (χ1) is 7.24. The van der Waals surface area contributed by atoms with Gasteiger partial charge in [0.1, 0.15) is 6.10 Å². The Bertz CT molecular complexity index is 365. The molecular formula is C11H15NO3. The molecule has 4 nitrogen and oxygen atoms in total. The summed E-state index contributed by atoms with van der Waals surface area (Å²) in [5.41, 5.74) is 2.17. The number of ether oxygens (including phenoxy) is 2. The molecule has 1 aromatic carbocycles. The molecule has 2 N–H and O–H groups in total. The smallest absolute Gasteiger partial charge is 0.164 e. The third-order valence-corrected chi connectivity index (χ3v) is 2.49. The van der Waals surface area contributed by atoms with Gasteiger partial charge in [-0.05, 0) is 24.6 Å². The Morgan fingerprint density at radius 2 is 2.33 bits per heavy atom. The third-order valence-electron chi connectivity index (χ3n) is 2.49. The Balaban J connectivity index is 2.38. The van der Waals surface area contributed by atoms with Gasteiger partial charge in [-0.2, -0.15) is 0 Å². The molecule has 82 valence electrons. The Labute approximate surface area is 88.9 Å². The average Bonchev–Trinajstić information content (AvgIpc) is 2.57. The van der Waals surface area contributed by atoms with E-state index in [1.165, 1.54) is 0 Å². The maximum atomic E-state index is 5.66. The zero-order valence-electron chi connectivity index (χ0n) is 8.95. The number of methoxy groups -OCH3 is 1. The third kappa shape index (κ3) is 1.91. The predicted octanol–water partition coefficient (Wildman–Crippen LogP) is 1.41. The fourth-order valence-corrected chi connectivity index (χ4v) is 1.89. The van der Waals surface area contributed by atoms with Crippen molar-refractivity contribution in [2.75, 3.05) is 7.11 Å². The fourth-order valence-electron chi connectivity index (χ4n) is 1.89. The van der Waals surface area contributed by atoms with Crippen LogP contribution in [0.1, 0.15) is 18.1 Å². The summed E-state index contributed by atoms with van der Waals surface area (Å²) >= 11 is 0. The van der Waals surface area contributed by atoms with Gasteiger partial charge in [-0.3, -0.25) is 4.84 Å². The Morgan fingerprint density at radius 3 is 3.00 bits per heavy atom. The summed E-state index contributed by atoms with van der Waals surface area (Å²) in [5.74, 6) is 6.66. The normalized spacial score (nSPS) is 18.5. The first kappa shape index (κ1) is 10.3. The van der Waals surface area contributed by atoms with Crippen LogP contribution in [0, 0.1) is 0 Å². The van der Waals surface area contributed by atoms with Crippen LogP contribution in [0.2, 0.25) is 0 Å². The quantitative estimate of drug-likeness (QED) is 0.765. The van der Waals surface area contributed by atoms with Crippen LogP contribution in [-0.2, 0) is 17.9 Å². The van der Waals surface area contributed by atoms with Crippen molar-refractivity contribution in [2.45, 2.75) is 26.1 Å². The summed E-state index contributed by atoms with van der Waals surface area (Å²) in [4.78, 5) is 4.62. The fraction of sp³-hybridized carbons (Fsp3) is 0.455. The van der Waals surface area contributed by atoms with E-state index in [2.05, 4.69) is 4.84 Å². The number of fused-ring (bicyclic) bond motifs is 1. The van der Waals surface area contributed by atoms with Gasteiger partial charge in [0, 0.05) is 12.0 Å². The SMILES string of the molecule is COc1cc(CON)cc2c1OC(C)C2. The molecule has 2 rings (SSSR count). The summed E-state index contributed by atoms with van der Waals surface area (Å²) < 4.78 is 10.9. The standard InChI is InChI=1S/C11H15NO3/c1-7-3-9-4-8(6-14-12)5-10(13-2)11(9)15-7/h4-5,7H,3,6,12H2,1-2H3. The average molecular weight is 209 g/mol. The molecule has 0 saturated heterocycles. The van der Waals surface area contributed by atoms with Crippen molar-refractivity contribution in [2.24, 2.45) is 5.90 Å². The molecule has 0 radical (unpaired) electrons. The van der Waals surface area contributed by atoms with Gasteiger partial charge in [0.05, 0.1) is 13.7 Å². The molecule has 1 unspecified atom stereocenters. The van der Waals surface area contributed by atoms with E-state index in [0.717, 1.165) is 29.0 Å². The number of hydrogen-bond donors (Lipinski definition) is 1. The van der Waals surface area contributed by atoms with Crippen molar-refractivity contribution < 1.29 is 14.3 Å². The number of benzene rings is 1. The highest BCUT2D eigenvalue weighted by Crippen LogP contribution is 2.38. The van der Waals surface area contributed by atoms with Crippen LogP contribution >= 0.6 is 0 Å². The van der Waals surface area contributed by atoms with Gasteiger partial charge in [0.2, 0.25) is 0 Å². The molecule has 1 aliphatic heterocycles. The lowest BCUT2D eigenvalue weighted by Crippen LogP contribution is -2.05. The molecule has 0 spiro atoms. The van der Waals surface area contributed by atoms with Crippen LogP contribution < -0.4 is 15.4 Å². The molecule has 1 atom stereocenters. The molecule has 0 amide bonds. The second kappa shape index (κ2) is 4.08. The molecule has 15 heavy (non-hydrogen) atoms. The van der Waals surface area contributed by atoms with Gasteiger partial charge in [-0.25, -0.2) is 5.90 Å². The summed E-state index contributed by atoms with van der Waals surface area (Å²) in [6, 6.07) is 3.94. The van der Waals surface area contributed by atoms with Crippen molar-refractivity contribution in [3.8, 4) is 11.5 Å². The highest BCUT2D eigenvalue weighted by atomic mass is 16.6. The van der Waals surface area contributed by atoms with Crippen LogP contribution in [0.25, 0.3) is 0 Å². The lowest BCUT2D eigenvalue weighted by atomic mass is 10.1. The van der Waals surface area contributed by atoms with Crippen LogP contribution in [0.5, 0.6) is 11.5 Å². The van der Waals surface area contributed by atoms with E-state index in [1.54, 1.807) is 7.11 Å². The maximum Gasteiger partial charge on any atom is 0.164 e. The van der Waals surface area contributed by atoms with E-state index in [0.29, 0.717) is 6.61 Å². The van der Waals surface area contributed by atoms with E-state index in [4.69, 9.17) is 15.4 Å². The second-order valence-corrected chi connectivity index (χ2v) is 3.73. The molecule has 0 aromatic heterocycles. The van der Waals surface area contributed by atoms with Crippen LogP contribution in [0.15, 0.2) is 12.1 Å². The Kier molecular flexibility index (Phi) is 2.79. The molecular weight excluding hydrogens is 194 g/mol. The minimum Gasteiger partial charge on any atom is -0.493 e. The summed E-state index contributed by atoms with van der Waals surface area (Å²) in [7, 11) is 1.63. The second-order valence-electron chi connectivity index (χ2n) is 3.73. The molecule has 0 aliphatic carbocycles. The number of rotatable bonds is 3. The van der Waals surface area contributed by atoms with Crippen molar-refractivity contribution in [1.29, 1.82) is 0 Å². The van der Waals surface area contributed by atoms with E-state index in [9.17, 15) is 0 Å². The Hall–Kier alpha value is -1.26. The van der Waals surface area contributed by atoms with Crippen LogP contribution in [-0.4, -0.2) is 13.2 Å². The van der Waals surface area contributed by atoms with Gasteiger partial charge in [0.15, 0.2) is 11.5 Å². The monoisotopic (exact) mass is 209 g/mol. The predicted molar refractivity (Wildman–Crippen MR) is 55.8 cm³/mol. The first-order valence-electron chi connectivity index (χ1n) is 4.92. The van der Waals surface area contributed by atoms with Gasteiger partial charge < -0.3 is 9.47 Å². The van der Waals surface area contributed by atoms with Crippen molar-refractivity contribution in [3.05, 3.63) is 23.3 Å². The van der Waals surface area contributed by atoms with Crippen LogP contribution in [0.4, 0.5) is 0 Å². The highest BCUT2D eigenvalue weighted by Gasteiger charge is 2.23. The lowest BCUT2D eigenvalue weighted by molar-refractivity contribution is 0.124. The zero-order chi connectivity index (χ0) is 10.8. The van der Waals surface area contributed by atoms with Crippen molar-refractivity contribution >= 4 is 0 Å². The number of nitrogens with two attached hydrogens (primary N) is 1. The number of hydrogen-bond acceptors (Lipinski definition) is 4. The summed E-state index contributed by atoms with van der Waals surface area (Å²) in [6.07, 6.45) is 1.12. The van der Waals surface area contributed by atoms with Gasteiger partial charge in [0.25, 0.3) is 0 Å². The van der Waals surface area contributed by atoms with E-state index >= 15 is 0 Å². The Morgan fingerprint density at radius 1 is 1.53 bits per heavy atom. The summed E-state index contributed by atoms with van der Waals surface area (Å²) in [5, 5.41) is 0. The first-order valence-corrected chi connectivity index (χ1v) is 4.92. The molecule has 0 fully saturated rings. The topological polar surface area (TPSA) is 53.7 Å². The summed E-state index contributed by atoms with van der Waals surface area (Å²) in [6.45, 7) is 2.43. The highest BCUT2D eigenvalue weighted by molar-refractivity contribution is 5.51. The lowest BCUT2D eigenvalue weighted by Gasteiger charge is -2.09. The minimum atomic E-state index is 0.211. The van der Waals surface area contributed by atoms with Gasteiger partial charge in [-0.15, -0.1) is 0 Å². The molecule has 1 aromatic rings. The van der Waals surface area contributed by atoms with Crippen molar-refractivity contribution in [3.63, 3.8) is 0 Å². The molecule has 0 bridgehead atoms. The molecule has 1 aliphatic rings. The van der Waals surface area contributed by atoms with Gasteiger partial charge in [-0.1, -0.05) is 0 Å². The largest absolute Gasteiger partial charge is 0.493 e. The van der Waals surface area contributed by atoms with Crippen LogP contribution in [0.3, 0.4) is 0 Å². The van der Waals surface area contributed by atoms with E-state index in [-0.39, 0.29) is 6.10 Å². The minimum absolute atomic E-state index is 0.211. The maximum absolute atomic E-state index is 5.66. The van der Waals surface area contributed by atoms with Gasteiger partial charge >= 0.3 is 0 Å². The molecule has 1 heterocycles. The van der Waals surface area contributed by atoms with Crippen molar-refractivity contribution in [1.82, 2.24) is 0 Å². The van der Waals surface area contributed by atoms with E-state index < -0.39 is 0 Å². The zero-order valence-corrected chi connectivity index (χ0v) is 8.95.